The van der Waals surface area contributed by atoms with Crippen molar-refractivity contribution in [2.24, 2.45) is 5.92 Å². The van der Waals surface area contributed by atoms with Gasteiger partial charge >= 0.3 is 0 Å². The van der Waals surface area contributed by atoms with Crippen LogP contribution < -0.4 is 0 Å². The predicted molar refractivity (Wildman–Crippen MR) is 81.6 cm³/mol. The van der Waals surface area contributed by atoms with E-state index >= 15 is 0 Å². The molecule has 0 amide bonds. The van der Waals surface area contributed by atoms with Gasteiger partial charge in [-0.05, 0) is 32.9 Å². The van der Waals surface area contributed by atoms with Crippen LogP contribution >= 0.6 is 0 Å². The van der Waals surface area contributed by atoms with Gasteiger partial charge in [0.05, 0.1) is 6.10 Å². The van der Waals surface area contributed by atoms with E-state index in [0.717, 1.165) is 25.5 Å². The van der Waals surface area contributed by atoms with Gasteiger partial charge in [0.2, 0.25) is 0 Å². The van der Waals surface area contributed by atoms with Gasteiger partial charge < -0.3 is 5.11 Å². The molecule has 1 heterocycles. The number of aliphatic hydroxyl groups is 1. The molecule has 0 aliphatic carbocycles. The second kappa shape index (κ2) is 7.18. The third-order valence-electron chi connectivity index (χ3n) is 4.00. The minimum atomic E-state index is -0.461. The molecule has 0 aliphatic rings. The molecular formula is C15H30N4O. The quantitative estimate of drug-likeness (QED) is 0.792. The van der Waals surface area contributed by atoms with Crippen LogP contribution in [0.3, 0.4) is 0 Å². The maximum Gasteiger partial charge on any atom is 0.138 e. The van der Waals surface area contributed by atoms with Gasteiger partial charge in [0.1, 0.15) is 12.2 Å². The zero-order valence-corrected chi connectivity index (χ0v) is 13.8. The maximum atomic E-state index is 10.6. The molecule has 0 aromatic carbocycles. The Morgan fingerprint density at radius 3 is 2.40 bits per heavy atom. The molecule has 1 unspecified atom stereocenters. The van der Waals surface area contributed by atoms with Crippen LogP contribution in [0.25, 0.3) is 0 Å². The molecule has 0 spiro atoms. The average Bonchev–Trinajstić information content (AvgIpc) is 2.76. The van der Waals surface area contributed by atoms with Crippen molar-refractivity contribution in [2.45, 2.75) is 66.2 Å². The number of aromatic nitrogens is 3. The van der Waals surface area contributed by atoms with Crippen LogP contribution in [0.5, 0.6) is 0 Å². The zero-order valence-electron chi connectivity index (χ0n) is 13.8. The van der Waals surface area contributed by atoms with Crippen LogP contribution in [0.1, 0.15) is 47.4 Å². The van der Waals surface area contributed by atoms with Crippen molar-refractivity contribution >= 4 is 0 Å². The fraction of sp³-hybridized carbons (Fsp3) is 0.867. The Labute approximate surface area is 123 Å². The number of likely N-dealkylation sites (N-methyl/N-ethyl adjacent to an activating group) is 1. The lowest BCUT2D eigenvalue weighted by atomic mass is 9.92. The SMILES string of the molecule is CCN(CC)C(C)(C)C(O)Cc1ncnn1CC(C)C. The zero-order chi connectivity index (χ0) is 15.3. The fourth-order valence-corrected chi connectivity index (χ4v) is 2.62. The van der Waals surface area contributed by atoms with E-state index in [4.69, 9.17) is 0 Å². The summed E-state index contributed by atoms with van der Waals surface area (Å²) in [6.07, 6.45) is 1.66. The Bertz CT molecular complexity index is 396. The average molecular weight is 282 g/mol. The molecular weight excluding hydrogens is 252 g/mol. The van der Waals surface area contributed by atoms with E-state index in [2.05, 4.69) is 56.5 Å². The van der Waals surface area contributed by atoms with Crippen LogP contribution in [-0.2, 0) is 13.0 Å². The lowest BCUT2D eigenvalue weighted by molar-refractivity contribution is -0.00576. The summed E-state index contributed by atoms with van der Waals surface area (Å²) in [5.74, 6) is 1.38. The highest BCUT2D eigenvalue weighted by Crippen LogP contribution is 2.21. The van der Waals surface area contributed by atoms with Crippen molar-refractivity contribution in [2.75, 3.05) is 13.1 Å². The molecule has 0 saturated heterocycles. The van der Waals surface area contributed by atoms with Gasteiger partial charge in [0.15, 0.2) is 0 Å². The molecule has 0 aliphatic heterocycles. The predicted octanol–water partition coefficient (Wildman–Crippen LogP) is 1.96. The molecule has 20 heavy (non-hydrogen) atoms. The van der Waals surface area contributed by atoms with E-state index in [0.29, 0.717) is 12.3 Å². The molecule has 0 saturated carbocycles. The minimum Gasteiger partial charge on any atom is -0.391 e. The van der Waals surface area contributed by atoms with E-state index in [9.17, 15) is 5.11 Å². The van der Waals surface area contributed by atoms with Crippen molar-refractivity contribution in [3.05, 3.63) is 12.2 Å². The third-order valence-corrected chi connectivity index (χ3v) is 4.00. The summed E-state index contributed by atoms with van der Waals surface area (Å²) >= 11 is 0. The Kier molecular flexibility index (Phi) is 6.14. The molecule has 1 N–H and O–H groups in total. The van der Waals surface area contributed by atoms with E-state index in [1.54, 1.807) is 6.33 Å². The van der Waals surface area contributed by atoms with Gasteiger partial charge in [-0.15, -0.1) is 0 Å². The van der Waals surface area contributed by atoms with E-state index < -0.39 is 6.10 Å². The van der Waals surface area contributed by atoms with Gasteiger partial charge in [-0.1, -0.05) is 27.7 Å². The smallest absolute Gasteiger partial charge is 0.138 e. The molecule has 116 valence electrons. The number of rotatable bonds is 8. The molecule has 5 nitrogen and oxygen atoms in total. The number of hydrogen-bond acceptors (Lipinski definition) is 4. The van der Waals surface area contributed by atoms with Crippen molar-refractivity contribution in [3.8, 4) is 0 Å². The van der Waals surface area contributed by atoms with Gasteiger partial charge in [-0.3, -0.25) is 4.90 Å². The Hall–Kier alpha value is -0.940. The maximum absolute atomic E-state index is 10.6. The first-order chi connectivity index (χ1) is 9.32. The molecule has 1 atom stereocenters. The van der Waals surface area contributed by atoms with Gasteiger partial charge in [0.25, 0.3) is 0 Å². The molecule has 1 aromatic heterocycles. The standard InChI is InChI=1S/C15H30N4O/c1-7-18(8-2)15(5,6)13(20)9-14-16-11-17-19(14)10-12(3)4/h11-13,20H,7-10H2,1-6H3. The van der Waals surface area contributed by atoms with Crippen LogP contribution in [0, 0.1) is 5.92 Å². The monoisotopic (exact) mass is 282 g/mol. The molecule has 5 heteroatoms. The van der Waals surface area contributed by atoms with Crippen LogP contribution in [0.2, 0.25) is 0 Å². The normalized spacial score (nSPS) is 14.2. The van der Waals surface area contributed by atoms with Crippen molar-refractivity contribution in [1.82, 2.24) is 19.7 Å². The fourth-order valence-electron chi connectivity index (χ4n) is 2.62. The number of nitrogens with zero attached hydrogens (tertiary/aromatic N) is 4. The van der Waals surface area contributed by atoms with Crippen molar-refractivity contribution < 1.29 is 5.11 Å². The summed E-state index contributed by atoms with van der Waals surface area (Å²) in [7, 11) is 0. The molecule has 1 aromatic rings. The summed E-state index contributed by atoms with van der Waals surface area (Å²) in [6, 6.07) is 0. The van der Waals surface area contributed by atoms with E-state index in [1.165, 1.54) is 0 Å². The largest absolute Gasteiger partial charge is 0.391 e. The van der Waals surface area contributed by atoms with Crippen LogP contribution in [0.4, 0.5) is 0 Å². The molecule has 0 radical (unpaired) electrons. The van der Waals surface area contributed by atoms with Crippen molar-refractivity contribution in [1.29, 1.82) is 0 Å². The second-order valence-corrected chi connectivity index (χ2v) is 6.30. The lowest BCUT2D eigenvalue weighted by Crippen LogP contribution is -2.53. The second-order valence-electron chi connectivity index (χ2n) is 6.30. The number of aliphatic hydroxyl groups excluding tert-OH is 1. The summed E-state index contributed by atoms with van der Waals surface area (Å²) < 4.78 is 1.91. The first kappa shape index (κ1) is 17.1. The molecule has 0 bridgehead atoms. The topological polar surface area (TPSA) is 54.2 Å². The number of hydrogen-bond donors (Lipinski definition) is 1. The van der Waals surface area contributed by atoms with Crippen molar-refractivity contribution in [3.63, 3.8) is 0 Å². The summed E-state index contributed by atoms with van der Waals surface area (Å²) in [5, 5.41) is 14.9. The summed E-state index contributed by atoms with van der Waals surface area (Å²) in [5.41, 5.74) is -0.266. The minimum absolute atomic E-state index is 0.266. The summed E-state index contributed by atoms with van der Waals surface area (Å²) in [6.45, 7) is 15.4. The van der Waals surface area contributed by atoms with Gasteiger partial charge in [-0.2, -0.15) is 5.10 Å². The Morgan fingerprint density at radius 1 is 1.30 bits per heavy atom. The first-order valence-corrected chi connectivity index (χ1v) is 7.62. The Morgan fingerprint density at radius 2 is 1.90 bits per heavy atom. The van der Waals surface area contributed by atoms with Gasteiger partial charge in [-0.25, -0.2) is 9.67 Å². The van der Waals surface area contributed by atoms with Crippen LogP contribution in [0.15, 0.2) is 6.33 Å². The highest BCUT2D eigenvalue weighted by molar-refractivity contribution is 4.96. The molecule has 1 rings (SSSR count). The first-order valence-electron chi connectivity index (χ1n) is 7.62. The summed E-state index contributed by atoms with van der Waals surface area (Å²) in [4.78, 5) is 6.59. The third kappa shape index (κ3) is 4.03. The van der Waals surface area contributed by atoms with E-state index in [1.807, 2.05) is 4.68 Å². The van der Waals surface area contributed by atoms with Crippen LogP contribution in [-0.4, -0.2) is 49.5 Å². The highest BCUT2D eigenvalue weighted by atomic mass is 16.3. The Balaban J connectivity index is 2.79. The highest BCUT2D eigenvalue weighted by Gasteiger charge is 2.33. The lowest BCUT2D eigenvalue weighted by Gasteiger charge is -2.40. The molecule has 0 fully saturated rings. The van der Waals surface area contributed by atoms with Gasteiger partial charge in [0, 0.05) is 18.5 Å². The van der Waals surface area contributed by atoms with E-state index in [-0.39, 0.29) is 5.54 Å².